The van der Waals surface area contributed by atoms with Crippen molar-refractivity contribution in [1.82, 2.24) is 4.98 Å². The van der Waals surface area contributed by atoms with Gasteiger partial charge in [-0.3, -0.25) is 4.98 Å². The second-order valence-corrected chi connectivity index (χ2v) is 5.92. The minimum Gasteiger partial charge on any atom is -0.492 e. The van der Waals surface area contributed by atoms with Crippen LogP contribution in [0.3, 0.4) is 0 Å². The lowest BCUT2D eigenvalue weighted by Gasteiger charge is -2.28. The zero-order valence-electron chi connectivity index (χ0n) is 14.3. The van der Waals surface area contributed by atoms with Crippen LogP contribution >= 0.6 is 0 Å². The highest BCUT2D eigenvalue weighted by Gasteiger charge is 2.32. The number of rotatable bonds is 3. The van der Waals surface area contributed by atoms with E-state index in [9.17, 15) is 5.11 Å². The Hall–Kier alpha value is -2.73. The third-order valence-electron chi connectivity index (χ3n) is 4.55. The van der Waals surface area contributed by atoms with Crippen molar-refractivity contribution in [2.24, 2.45) is 0 Å². The van der Waals surface area contributed by atoms with Gasteiger partial charge in [0.2, 0.25) is 5.75 Å². The predicted molar refractivity (Wildman–Crippen MR) is 93.7 cm³/mol. The van der Waals surface area contributed by atoms with Gasteiger partial charge in [-0.1, -0.05) is 0 Å². The van der Waals surface area contributed by atoms with Crippen LogP contribution in [0.15, 0.2) is 24.4 Å². The van der Waals surface area contributed by atoms with Gasteiger partial charge in [0.1, 0.15) is 17.2 Å². The van der Waals surface area contributed by atoms with Gasteiger partial charge in [0.15, 0.2) is 11.5 Å². The third kappa shape index (κ3) is 2.25. The molecule has 1 unspecified atom stereocenters. The molecule has 6 nitrogen and oxygen atoms in total. The van der Waals surface area contributed by atoms with Crippen LogP contribution in [-0.2, 0) is 4.74 Å². The number of nitrogens with zero attached hydrogens (tertiary/aromatic N) is 1. The zero-order chi connectivity index (χ0) is 17.6. The Morgan fingerprint density at radius 3 is 2.36 bits per heavy atom. The van der Waals surface area contributed by atoms with Gasteiger partial charge in [-0.15, -0.1) is 0 Å². The second-order valence-electron chi connectivity index (χ2n) is 5.92. The fourth-order valence-electron chi connectivity index (χ4n) is 3.44. The molecule has 1 aromatic carbocycles. The van der Waals surface area contributed by atoms with Crippen molar-refractivity contribution in [3.05, 3.63) is 35.7 Å². The molecule has 0 amide bonds. The molecule has 0 aliphatic carbocycles. The van der Waals surface area contributed by atoms with Gasteiger partial charge in [0.05, 0.1) is 33.0 Å². The maximum absolute atomic E-state index is 10.1. The number of hydrogen-bond acceptors (Lipinski definition) is 6. The molecule has 1 aromatic heterocycles. The lowest BCUT2D eigenvalue weighted by Crippen LogP contribution is -2.13. The quantitative estimate of drug-likeness (QED) is 0.925. The van der Waals surface area contributed by atoms with E-state index in [0.717, 1.165) is 16.3 Å². The summed E-state index contributed by atoms with van der Waals surface area (Å²) in [5, 5.41) is 11.9. The molecule has 0 spiro atoms. The Morgan fingerprint density at radius 2 is 1.68 bits per heavy atom. The van der Waals surface area contributed by atoms with Crippen molar-refractivity contribution < 1.29 is 24.1 Å². The molecule has 2 aliphatic rings. The number of pyridine rings is 1. The molecule has 0 radical (unpaired) electrons. The van der Waals surface area contributed by atoms with E-state index < -0.39 is 6.10 Å². The Bertz CT molecular complexity index is 916. The van der Waals surface area contributed by atoms with Gasteiger partial charge >= 0.3 is 0 Å². The van der Waals surface area contributed by atoms with Crippen molar-refractivity contribution in [3.8, 4) is 17.2 Å². The van der Waals surface area contributed by atoms with Crippen LogP contribution in [0.1, 0.15) is 24.1 Å². The predicted octanol–water partition coefficient (Wildman–Crippen LogP) is 3.13. The number of methoxy groups -OCH3 is 3. The molecule has 6 heteroatoms. The SMILES string of the molecule is COc1c(OC)c2c3c(nccc3c1OC)/C1=C/CC(O)CC=C2O1. The summed E-state index contributed by atoms with van der Waals surface area (Å²) in [5.74, 6) is 2.90. The highest BCUT2D eigenvalue weighted by atomic mass is 16.5. The average Bonchev–Trinajstić information content (AvgIpc) is 2.63. The van der Waals surface area contributed by atoms with Crippen LogP contribution in [0.5, 0.6) is 17.2 Å². The number of benzene rings is 1. The Kier molecular flexibility index (Phi) is 3.77. The van der Waals surface area contributed by atoms with Gasteiger partial charge in [-0.2, -0.15) is 0 Å². The molecule has 2 aromatic rings. The van der Waals surface area contributed by atoms with Gasteiger partial charge in [-0.05, 0) is 31.1 Å². The number of aliphatic hydroxyl groups excluding tert-OH is 1. The first-order chi connectivity index (χ1) is 12.2. The van der Waals surface area contributed by atoms with Crippen LogP contribution in [0, 0.1) is 0 Å². The van der Waals surface area contributed by atoms with E-state index in [1.54, 1.807) is 27.5 Å². The van der Waals surface area contributed by atoms with Gasteiger partial charge in [0, 0.05) is 17.0 Å². The summed E-state index contributed by atoms with van der Waals surface area (Å²) < 4.78 is 22.9. The summed E-state index contributed by atoms with van der Waals surface area (Å²) in [7, 11) is 4.76. The van der Waals surface area contributed by atoms with Crippen LogP contribution < -0.4 is 14.2 Å². The molecule has 2 bridgehead atoms. The van der Waals surface area contributed by atoms with Crippen molar-refractivity contribution in [3.63, 3.8) is 0 Å². The number of hydrogen-bond donors (Lipinski definition) is 1. The first kappa shape index (κ1) is 15.8. The summed E-state index contributed by atoms with van der Waals surface area (Å²) in [4.78, 5) is 4.51. The number of aromatic nitrogens is 1. The maximum Gasteiger partial charge on any atom is 0.204 e. The molecule has 25 heavy (non-hydrogen) atoms. The summed E-state index contributed by atoms with van der Waals surface area (Å²) in [6.07, 6.45) is 6.03. The van der Waals surface area contributed by atoms with E-state index in [1.807, 2.05) is 18.2 Å². The highest BCUT2D eigenvalue weighted by molar-refractivity contribution is 6.08. The minimum atomic E-state index is -0.458. The Balaban J connectivity index is 2.19. The smallest absolute Gasteiger partial charge is 0.204 e. The molecule has 0 saturated heterocycles. The number of fused-ring (bicyclic) bond motifs is 4. The first-order valence-electron chi connectivity index (χ1n) is 8.07. The minimum absolute atomic E-state index is 0.458. The molecule has 1 atom stereocenters. The Labute approximate surface area is 145 Å². The van der Waals surface area contributed by atoms with Crippen LogP contribution in [0.2, 0.25) is 0 Å². The maximum atomic E-state index is 10.1. The fourth-order valence-corrected chi connectivity index (χ4v) is 3.44. The number of aliphatic hydroxyl groups is 1. The standard InChI is InChI=1S/C19H19NO5/c1-22-17-11-8-9-20-16-13-7-5-10(21)4-6-12(25-13)15(14(11)16)18(23-2)19(17)24-3/h6-10,21H,4-5H2,1-3H3/b12-6?,13-7-. The first-order valence-corrected chi connectivity index (χ1v) is 8.07. The summed E-state index contributed by atoms with van der Waals surface area (Å²) in [5.41, 5.74) is 1.47. The lowest BCUT2D eigenvalue weighted by molar-refractivity contribution is 0.179. The topological polar surface area (TPSA) is 70.0 Å². The van der Waals surface area contributed by atoms with Crippen molar-refractivity contribution in [2.75, 3.05) is 21.3 Å². The zero-order valence-corrected chi connectivity index (χ0v) is 14.3. The Morgan fingerprint density at radius 1 is 1.00 bits per heavy atom. The number of ether oxygens (including phenoxy) is 4. The molecule has 0 saturated carbocycles. The van der Waals surface area contributed by atoms with Crippen LogP contribution in [0.4, 0.5) is 0 Å². The summed E-state index contributed by atoms with van der Waals surface area (Å²) in [6.45, 7) is 0. The molecule has 0 fully saturated rings. The molecular formula is C19H19NO5. The largest absolute Gasteiger partial charge is 0.492 e. The molecule has 2 aliphatic heterocycles. The molecule has 4 rings (SSSR count). The van der Waals surface area contributed by atoms with Gasteiger partial charge in [-0.25, -0.2) is 0 Å². The van der Waals surface area contributed by atoms with Gasteiger partial charge < -0.3 is 24.1 Å². The van der Waals surface area contributed by atoms with E-state index in [0.29, 0.717) is 47.3 Å². The molecule has 3 heterocycles. The molecule has 130 valence electrons. The fraction of sp³-hybridized carbons (Fsp3) is 0.316. The normalized spacial score (nSPS) is 20.6. The van der Waals surface area contributed by atoms with E-state index in [1.165, 1.54) is 0 Å². The monoisotopic (exact) mass is 341 g/mol. The highest BCUT2D eigenvalue weighted by Crippen LogP contribution is 2.53. The third-order valence-corrected chi connectivity index (χ3v) is 4.55. The van der Waals surface area contributed by atoms with E-state index >= 15 is 0 Å². The lowest BCUT2D eigenvalue weighted by atomic mass is 9.93. The average molecular weight is 341 g/mol. The van der Waals surface area contributed by atoms with Gasteiger partial charge in [0.25, 0.3) is 0 Å². The van der Waals surface area contributed by atoms with E-state index in [-0.39, 0.29) is 0 Å². The molecular weight excluding hydrogens is 322 g/mol. The molecule has 1 N–H and O–H groups in total. The van der Waals surface area contributed by atoms with E-state index in [4.69, 9.17) is 18.9 Å². The van der Waals surface area contributed by atoms with Crippen molar-refractivity contribution >= 4 is 22.3 Å². The second kappa shape index (κ2) is 5.97. The van der Waals surface area contributed by atoms with Crippen LogP contribution in [-0.4, -0.2) is 37.5 Å². The summed E-state index contributed by atoms with van der Waals surface area (Å²) in [6, 6.07) is 1.89. The van der Waals surface area contributed by atoms with Crippen molar-refractivity contribution in [1.29, 1.82) is 0 Å². The van der Waals surface area contributed by atoms with Crippen LogP contribution in [0.25, 0.3) is 22.3 Å². The summed E-state index contributed by atoms with van der Waals surface area (Å²) >= 11 is 0. The van der Waals surface area contributed by atoms with Crippen molar-refractivity contribution in [2.45, 2.75) is 18.9 Å². The van der Waals surface area contributed by atoms with E-state index in [2.05, 4.69) is 4.98 Å².